The molecule has 1 atom stereocenters. The average molecular weight is 368 g/mol. The van der Waals surface area contributed by atoms with Crippen LogP contribution in [0.25, 0.3) is 0 Å². The van der Waals surface area contributed by atoms with E-state index in [9.17, 15) is 16.8 Å². The quantitative estimate of drug-likeness (QED) is 0.803. The van der Waals surface area contributed by atoms with Gasteiger partial charge in [-0.3, -0.25) is 4.98 Å². The van der Waals surface area contributed by atoms with Crippen molar-refractivity contribution in [3.63, 3.8) is 0 Å². The highest BCUT2D eigenvalue weighted by Gasteiger charge is 2.23. The molecule has 0 saturated carbocycles. The first-order valence-electron chi connectivity index (χ1n) is 7.19. The minimum Gasteiger partial charge on any atom is -0.365 e. The number of aromatic nitrogens is 1. The monoisotopic (exact) mass is 368 g/mol. The zero-order valence-corrected chi connectivity index (χ0v) is 15.6. The van der Waals surface area contributed by atoms with Gasteiger partial charge in [0, 0.05) is 25.8 Å². The van der Waals surface area contributed by atoms with Crippen LogP contribution < -0.4 is 4.90 Å². The molecular weight excluding hydrogens is 348 g/mol. The van der Waals surface area contributed by atoms with E-state index in [2.05, 4.69) is 4.98 Å². The van der Waals surface area contributed by atoms with E-state index in [-0.39, 0.29) is 15.8 Å². The molecule has 0 radical (unpaired) electrons. The molecule has 1 aromatic heterocycles. The second kappa shape index (κ2) is 6.52. The highest BCUT2D eigenvalue weighted by Crippen LogP contribution is 2.32. The second-order valence-corrected chi connectivity index (χ2v) is 9.72. The lowest BCUT2D eigenvalue weighted by Gasteiger charge is -2.28. The minimum absolute atomic E-state index is 0.0179. The zero-order valence-electron chi connectivity index (χ0n) is 14.0. The maximum atomic E-state index is 12.2. The van der Waals surface area contributed by atoms with E-state index in [1.54, 1.807) is 24.2 Å². The Hall–Kier alpha value is -1.93. The Morgan fingerprint density at radius 2 is 1.67 bits per heavy atom. The Bertz CT molecular complexity index is 939. The van der Waals surface area contributed by atoms with Gasteiger partial charge in [0.2, 0.25) is 0 Å². The van der Waals surface area contributed by atoms with E-state index in [1.165, 1.54) is 18.2 Å². The number of pyridine rings is 1. The van der Waals surface area contributed by atoms with Gasteiger partial charge in [0.15, 0.2) is 19.7 Å². The summed E-state index contributed by atoms with van der Waals surface area (Å²) in [7, 11) is -5.35. The predicted molar refractivity (Wildman–Crippen MR) is 93.7 cm³/mol. The topological polar surface area (TPSA) is 84.4 Å². The molecule has 6 nitrogen and oxygen atoms in total. The molecule has 1 heterocycles. The maximum absolute atomic E-state index is 12.2. The van der Waals surface area contributed by atoms with Gasteiger partial charge in [0.25, 0.3) is 0 Å². The summed E-state index contributed by atoms with van der Waals surface area (Å²) in [5.74, 6) is 0. The first kappa shape index (κ1) is 18.4. The van der Waals surface area contributed by atoms with Crippen LogP contribution >= 0.6 is 0 Å². The van der Waals surface area contributed by atoms with Crippen molar-refractivity contribution in [1.29, 1.82) is 0 Å². The number of benzene rings is 1. The van der Waals surface area contributed by atoms with E-state index >= 15 is 0 Å². The van der Waals surface area contributed by atoms with Crippen molar-refractivity contribution in [2.45, 2.75) is 22.8 Å². The fourth-order valence-corrected chi connectivity index (χ4v) is 4.00. The third kappa shape index (κ3) is 3.93. The number of rotatable bonds is 5. The lowest BCUT2D eigenvalue weighted by molar-refractivity contribution is 0.599. The summed E-state index contributed by atoms with van der Waals surface area (Å²) < 4.78 is 47.8. The molecule has 0 fully saturated rings. The zero-order chi connectivity index (χ0) is 18.1. The lowest BCUT2D eigenvalue weighted by atomic mass is 10.1. The van der Waals surface area contributed by atoms with Crippen molar-refractivity contribution in [2.24, 2.45) is 0 Å². The normalized spacial score (nSPS) is 13.5. The molecule has 0 aliphatic heterocycles. The Morgan fingerprint density at radius 3 is 2.17 bits per heavy atom. The van der Waals surface area contributed by atoms with Crippen molar-refractivity contribution in [3.8, 4) is 0 Å². The predicted octanol–water partition coefficient (Wildman–Crippen LogP) is 2.09. The molecule has 0 saturated heterocycles. The molecule has 2 aromatic rings. The van der Waals surface area contributed by atoms with Gasteiger partial charge in [-0.05, 0) is 37.3 Å². The van der Waals surface area contributed by atoms with Crippen LogP contribution in [-0.4, -0.2) is 41.4 Å². The Kier molecular flexibility index (Phi) is 5.00. The van der Waals surface area contributed by atoms with Crippen LogP contribution in [0, 0.1) is 0 Å². The molecule has 2 rings (SSSR count). The minimum atomic E-state index is -3.60. The summed E-state index contributed by atoms with van der Waals surface area (Å²) in [6.45, 7) is 1.90. The lowest BCUT2D eigenvalue weighted by Crippen LogP contribution is -2.24. The van der Waals surface area contributed by atoms with Crippen LogP contribution in [0.1, 0.15) is 18.7 Å². The van der Waals surface area contributed by atoms with Crippen LogP contribution in [0.2, 0.25) is 0 Å². The molecule has 0 bridgehead atoms. The number of hydrogen-bond donors (Lipinski definition) is 0. The van der Waals surface area contributed by atoms with E-state index in [0.29, 0.717) is 5.69 Å². The van der Waals surface area contributed by atoms with Gasteiger partial charge >= 0.3 is 0 Å². The van der Waals surface area contributed by atoms with Crippen molar-refractivity contribution >= 4 is 25.4 Å². The third-order valence-electron chi connectivity index (χ3n) is 3.84. The number of sulfone groups is 2. The Labute approximate surface area is 143 Å². The van der Waals surface area contributed by atoms with E-state index < -0.39 is 19.7 Å². The van der Waals surface area contributed by atoms with Crippen LogP contribution in [-0.2, 0) is 19.7 Å². The van der Waals surface area contributed by atoms with Gasteiger partial charge in [-0.25, -0.2) is 16.8 Å². The van der Waals surface area contributed by atoms with Crippen molar-refractivity contribution in [1.82, 2.24) is 4.98 Å². The highest BCUT2D eigenvalue weighted by molar-refractivity contribution is 7.91. The molecular formula is C16H20N2O4S2. The first-order valence-corrected chi connectivity index (χ1v) is 11.0. The summed E-state index contributed by atoms with van der Waals surface area (Å²) >= 11 is 0. The average Bonchev–Trinajstić information content (AvgIpc) is 2.52. The fourth-order valence-electron chi connectivity index (χ4n) is 2.34. The molecule has 0 N–H and O–H groups in total. The van der Waals surface area contributed by atoms with Crippen LogP contribution in [0.5, 0.6) is 0 Å². The van der Waals surface area contributed by atoms with E-state index in [0.717, 1.165) is 18.2 Å². The second-order valence-electron chi connectivity index (χ2n) is 5.72. The van der Waals surface area contributed by atoms with Crippen molar-refractivity contribution in [2.75, 3.05) is 24.5 Å². The van der Waals surface area contributed by atoms with Crippen LogP contribution in [0.3, 0.4) is 0 Å². The number of nitrogens with zero attached hydrogens (tertiary/aromatic N) is 2. The molecule has 8 heteroatoms. The van der Waals surface area contributed by atoms with Crippen LogP contribution in [0.15, 0.2) is 52.4 Å². The Morgan fingerprint density at radius 1 is 1.00 bits per heavy atom. The molecule has 1 unspecified atom stereocenters. The van der Waals surface area contributed by atoms with Crippen molar-refractivity contribution < 1.29 is 16.8 Å². The third-order valence-corrected chi connectivity index (χ3v) is 6.07. The van der Waals surface area contributed by atoms with Gasteiger partial charge in [-0.15, -0.1) is 0 Å². The summed E-state index contributed by atoms with van der Waals surface area (Å²) in [6.07, 6.45) is 3.79. The number of hydrogen-bond acceptors (Lipinski definition) is 6. The summed E-state index contributed by atoms with van der Waals surface area (Å²) in [5, 5.41) is 0. The molecule has 130 valence electrons. The molecule has 0 amide bonds. The standard InChI is InChI=1S/C16H20N2O4S2/c1-12(14-7-5-6-10-17-14)18(2)15-9-8-13(23(3,19)20)11-16(15)24(4,21)22/h5-12H,1-4H3. The number of anilines is 1. The SMILES string of the molecule is CC(c1ccccn1)N(C)c1ccc(S(C)(=O)=O)cc1S(C)(=O)=O. The summed E-state index contributed by atoms with van der Waals surface area (Å²) in [5.41, 5.74) is 1.22. The fraction of sp³-hybridized carbons (Fsp3) is 0.312. The molecule has 24 heavy (non-hydrogen) atoms. The summed E-state index contributed by atoms with van der Waals surface area (Å²) in [4.78, 5) is 6.02. The van der Waals surface area contributed by atoms with Crippen LogP contribution in [0.4, 0.5) is 5.69 Å². The molecule has 0 spiro atoms. The molecule has 0 aliphatic carbocycles. The van der Waals surface area contributed by atoms with Gasteiger partial charge in [0.1, 0.15) is 0 Å². The van der Waals surface area contributed by atoms with Gasteiger partial charge in [0.05, 0.1) is 27.2 Å². The van der Waals surface area contributed by atoms with Gasteiger partial charge in [-0.2, -0.15) is 0 Å². The maximum Gasteiger partial charge on any atom is 0.177 e. The first-order chi connectivity index (χ1) is 11.0. The molecule has 1 aromatic carbocycles. The Balaban J connectivity index is 2.57. The van der Waals surface area contributed by atoms with Crippen molar-refractivity contribution in [3.05, 3.63) is 48.3 Å². The summed E-state index contributed by atoms with van der Waals surface area (Å²) in [6, 6.07) is 9.48. The highest BCUT2D eigenvalue weighted by atomic mass is 32.2. The van der Waals surface area contributed by atoms with E-state index in [4.69, 9.17) is 0 Å². The molecule has 0 aliphatic rings. The van der Waals surface area contributed by atoms with Gasteiger partial charge in [-0.1, -0.05) is 6.07 Å². The smallest absolute Gasteiger partial charge is 0.177 e. The largest absolute Gasteiger partial charge is 0.365 e. The van der Waals surface area contributed by atoms with E-state index in [1.807, 2.05) is 19.1 Å². The van der Waals surface area contributed by atoms with Gasteiger partial charge < -0.3 is 4.90 Å².